The molecule has 3 rings (SSSR count). The van der Waals surface area contributed by atoms with Crippen LogP contribution in [0.25, 0.3) is 0 Å². The third-order valence-corrected chi connectivity index (χ3v) is 6.73. The van der Waals surface area contributed by atoms with Gasteiger partial charge < -0.3 is 15.0 Å². The number of nitrogens with zero attached hydrogens (tertiary/aromatic N) is 1. The quantitative estimate of drug-likeness (QED) is 0.662. The van der Waals surface area contributed by atoms with Crippen LogP contribution in [0.3, 0.4) is 0 Å². The molecule has 1 saturated heterocycles. The highest BCUT2D eigenvalue weighted by atomic mass is 35.5. The number of rotatable bonds is 6. The van der Waals surface area contributed by atoms with Gasteiger partial charge in [-0.15, -0.1) is 11.8 Å². The monoisotopic (exact) mass is 452 g/mol. The van der Waals surface area contributed by atoms with E-state index in [2.05, 4.69) is 5.32 Å². The maximum atomic E-state index is 13.4. The normalized spacial score (nSPS) is 18.7. The predicted molar refractivity (Wildman–Crippen MR) is 118 cm³/mol. The van der Waals surface area contributed by atoms with Crippen LogP contribution in [0, 0.1) is 6.92 Å². The topological polar surface area (TPSA) is 58.6 Å². The molecule has 0 spiro atoms. The lowest BCUT2D eigenvalue weighted by Gasteiger charge is -2.29. The van der Waals surface area contributed by atoms with Crippen LogP contribution < -0.4 is 5.32 Å². The van der Waals surface area contributed by atoms with Crippen molar-refractivity contribution < 1.29 is 14.3 Å². The van der Waals surface area contributed by atoms with Gasteiger partial charge in [0.05, 0.1) is 16.7 Å². The maximum absolute atomic E-state index is 13.4. The summed E-state index contributed by atoms with van der Waals surface area (Å²) in [6, 6.07) is 12.1. The fourth-order valence-corrected chi connectivity index (χ4v) is 4.84. The number of ether oxygens (including phenoxy) is 1. The van der Waals surface area contributed by atoms with Crippen LogP contribution in [-0.4, -0.2) is 48.8 Å². The largest absolute Gasteiger partial charge is 0.383 e. The van der Waals surface area contributed by atoms with E-state index in [1.807, 2.05) is 25.1 Å². The van der Waals surface area contributed by atoms with Gasteiger partial charge in [0.1, 0.15) is 11.4 Å². The van der Waals surface area contributed by atoms with Gasteiger partial charge in [0.2, 0.25) is 5.91 Å². The minimum Gasteiger partial charge on any atom is -0.383 e. The van der Waals surface area contributed by atoms with Crippen LogP contribution in [0.15, 0.2) is 42.5 Å². The van der Waals surface area contributed by atoms with Crippen molar-refractivity contribution in [3.8, 4) is 0 Å². The second-order valence-corrected chi connectivity index (χ2v) is 8.66. The van der Waals surface area contributed by atoms with Crippen LogP contribution in [-0.2, 0) is 9.53 Å². The fraction of sp³-hybridized carbons (Fsp3) is 0.333. The van der Waals surface area contributed by atoms with Crippen molar-refractivity contribution >= 4 is 46.8 Å². The highest BCUT2D eigenvalue weighted by Gasteiger charge is 2.42. The van der Waals surface area contributed by atoms with Crippen molar-refractivity contribution in [1.82, 2.24) is 10.2 Å². The summed E-state index contributed by atoms with van der Waals surface area (Å²) < 4.78 is 5.00. The first-order valence-corrected chi connectivity index (χ1v) is 11.0. The van der Waals surface area contributed by atoms with Gasteiger partial charge in [0.25, 0.3) is 5.91 Å². The number of nitrogens with one attached hydrogen (secondary N) is 1. The van der Waals surface area contributed by atoms with Gasteiger partial charge in [-0.3, -0.25) is 9.59 Å². The number of aryl methyl sites for hydroxylation is 1. The molecule has 5 nitrogen and oxygen atoms in total. The Bertz CT molecular complexity index is 892. The summed E-state index contributed by atoms with van der Waals surface area (Å²) in [5.74, 6) is 0.0944. The standard InChI is InChI=1S/C21H22Cl2N2O3S/c1-13-3-5-14(6-4-13)20(27)25-18(19(26)24-9-10-28-2)12-29-21(25)15-7-8-16(22)17(23)11-15/h3-8,11,18,21H,9-10,12H2,1-2H3,(H,24,26). The molecule has 2 atom stereocenters. The van der Waals surface area contributed by atoms with Crippen LogP contribution in [0.2, 0.25) is 10.0 Å². The van der Waals surface area contributed by atoms with E-state index < -0.39 is 6.04 Å². The number of carbonyl (C=O) groups excluding carboxylic acids is 2. The minimum absolute atomic E-state index is 0.196. The first-order valence-electron chi connectivity index (χ1n) is 9.15. The van der Waals surface area contributed by atoms with Gasteiger partial charge in [0.15, 0.2) is 0 Å². The molecular formula is C21H22Cl2N2O3S. The Morgan fingerprint density at radius 3 is 2.55 bits per heavy atom. The lowest BCUT2D eigenvalue weighted by Crippen LogP contribution is -2.48. The van der Waals surface area contributed by atoms with Crippen molar-refractivity contribution in [1.29, 1.82) is 0 Å². The van der Waals surface area contributed by atoms with E-state index in [0.29, 0.717) is 34.5 Å². The molecule has 0 saturated carbocycles. The molecule has 0 bridgehead atoms. The van der Waals surface area contributed by atoms with Crippen LogP contribution in [0.4, 0.5) is 0 Å². The molecule has 2 aromatic carbocycles. The molecule has 2 amide bonds. The number of carbonyl (C=O) groups is 2. The molecule has 2 unspecified atom stereocenters. The Kier molecular flexibility index (Phi) is 7.46. The predicted octanol–water partition coefficient (Wildman–Crippen LogP) is 4.32. The molecule has 1 aliphatic heterocycles. The highest BCUT2D eigenvalue weighted by molar-refractivity contribution is 7.99. The Morgan fingerprint density at radius 2 is 1.90 bits per heavy atom. The summed E-state index contributed by atoms with van der Waals surface area (Å²) in [5.41, 5.74) is 2.43. The van der Waals surface area contributed by atoms with Crippen molar-refractivity contribution in [2.75, 3.05) is 26.0 Å². The Balaban J connectivity index is 1.92. The third kappa shape index (κ3) is 5.07. The Labute approximate surface area is 184 Å². The molecule has 0 radical (unpaired) electrons. The van der Waals surface area contributed by atoms with E-state index in [9.17, 15) is 9.59 Å². The van der Waals surface area contributed by atoms with E-state index in [1.54, 1.807) is 36.3 Å². The number of hydrogen-bond donors (Lipinski definition) is 1. The minimum atomic E-state index is -0.592. The van der Waals surface area contributed by atoms with Crippen LogP contribution in [0.5, 0.6) is 0 Å². The third-order valence-electron chi connectivity index (χ3n) is 4.67. The molecule has 1 heterocycles. The average Bonchev–Trinajstić information content (AvgIpc) is 3.15. The molecule has 0 aromatic heterocycles. The molecule has 154 valence electrons. The summed E-state index contributed by atoms with van der Waals surface area (Å²) in [6.07, 6.45) is 0. The fourth-order valence-electron chi connectivity index (χ4n) is 3.12. The van der Waals surface area contributed by atoms with Gasteiger partial charge in [-0.2, -0.15) is 0 Å². The number of methoxy groups -OCH3 is 1. The molecule has 0 aliphatic carbocycles. The first-order chi connectivity index (χ1) is 13.9. The van der Waals surface area contributed by atoms with Gasteiger partial charge in [-0.1, -0.05) is 47.0 Å². The molecule has 1 fully saturated rings. The van der Waals surface area contributed by atoms with Gasteiger partial charge in [-0.05, 0) is 36.8 Å². The summed E-state index contributed by atoms with van der Waals surface area (Å²) in [5, 5.41) is 3.37. The van der Waals surface area contributed by atoms with Gasteiger partial charge >= 0.3 is 0 Å². The molecule has 8 heteroatoms. The Hall–Kier alpha value is -1.73. The van der Waals surface area contributed by atoms with E-state index in [1.165, 1.54) is 11.8 Å². The smallest absolute Gasteiger partial charge is 0.255 e. The summed E-state index contributed by atoms with van der Waals surface area (Å²) in [4.78, 5) is 27.8. The van der Waals surface area contributed by atoms with Crippen molar-refractivity contribution in [3.63, 3.8) is 0 Å². The van der Waals surface area contributed by atoms with Crippen molar-refractivity contribution in [2.45, 2.75) is 18.3 Å². The number of halogens is 2. The molecule has 1 N–H and O–H groups in total. The molecular weight excluding hydrogens is 431 g/mol. The van der Waals surface area contributed by atoms with E-state index in [-0.39, 0.29) is 17.2 Å². The van der Waals surface area contributed by atoms with Crippen molar-refractivity contribution in [2.24, 2.45) is 0 Å². The Morgan fingerprint density at radius 1 is 1.17 bits per heavy atom. The summed E-state index contributed by atoms with van der Waals surface area (Å²) in [6.45, 7) is 2.76. The van der Waals surface area contributed by atoms with Gasteiger partial charge in [-0.25, -0.2) is 0 Å². The first kappa shape index (κ1) is 22.0. The molecule has 1 aliphatic rings. The van der Waals surface area contributed by atoms with Crippen LogP contribution in [0.1, 0.15) is 26.9 Å². The number of amides is 2. The zero-order valence-corrected chi connectivity index (χ0v) is 18.5. The lowest BCUT2D eigenvalue weighted by molar-refractivity contribution is -0.125. The zero-order chi connectivity index (χ0) is 21.0. The summed E-state index contributed by atoms with van der Waals surface area (Å²) >= 11 is 13.8. The average molecular weight is 453 g/mol. The number of hydrogen-bond acceptors (Lipinski definition) is 4. The highest BCUT2D eigenvalue weighted by Crippen LogP contribution is 2.43. The SMILES string of the molecule is COCCNC(=O)C1CSC(c2ccc(Cl)c(Cl)c2)N1C(=O)c1ccc(C)cc1. The molecule has 29 heavy (non-hydrogen) atoms. The van der Waals surface area contributed by atoms with Crippen LogP contribution >= 0.6 is 35.0 Å². The van der Waals surface area contributed by atoms with E-state index in [0.717, 1.165) is 11.1 Å². The second-order valence-electron chi connectivity index (χ2n) is 6.74. The van der Waals surface area contributed by atoms with Gasteiger partial charge in [0, 0.05) is 25.0 Å². The molecule has 2 aromatic rings. The lowest BCUT2D eigenvalue weighted by atomic mass is 10.1. The zero-order valence-electron chi connectivity index (χ0n) is 16.2. The maximum Gasteiger partial charge on any atom is 0.255 e. The summed E-state index contributed by atoms with van der Waals surface area (Å²) in [7, 11) is 1.57. The van der Waals surface area contributed by atoms with E-state index in [4.69, 9.17) is 27.9 Å². The van der Waals surface area contributed by atoms with Crippen molar-refractivity contribution in [3.05, 3.63) is 69.2 Å². The van der Waals surface area contributed by atoms with E-state index >= 15 is 0 Å². The number of thioether (sulfide) groups is 1. The number of benzene rings is 2. The second kappa shape index (κ2) is 9.85.